The van der Waals surface area contributed by atoms with E-state index in [0.29, 0.717) is 17.9 Å². The highest BCUT2D eigenvalue weighted by atomic mass is 15.0. The summed E-state index contributed by atoms with van der Waals surface area (Å²) in [7, 11) is 0. The van der Waals surface area contributed by atoms with E-state index < -0.39 is 0 Å². The lowest BCUT2D eigenvalue weighted by Crippen LogP contribution is -2.10. The lowest BCUT2D eigenvalue weighted by molar-refractivity contribution is 0.783. The second-order valence-electron chi connectivity index (χ2n) is 2.95. The molecule has 1 aromatic rings. The highest BCUT2D eigenvalue weighted by Gasteiger charge is 2.00. The molecule has 0 saturated heterocycles. The SMILES string of the molecule is CC(C#N)CNc1cc(C#N)ccn1. The summed E-state index contributed by atoms with van der Waals surface area (Å²) in [6.07, 6.45) is 1.57. The molecule has 4 nitrogen and oxygen atoms in total. The number of hydrogen-bond donors (Lipinski definition) is 1. The quantitative estimate of drug-likeness (QED) is 0.776. The van der Waals surface area contributed by atoms with Crippen LogP contribution in [0.3, 0.4) is 0 Å². The highest BCUT2D eigenvalue weighted by Crippen LogP contribution is 2.06. The van der Waals surface area contributed by atoms with Crippen LogP contribution < -0.4 is 5.32 Å². The fourth-order valence-corrected chi connectivity index (χ4v) is 0.900. The zero-order valence-corrected chi connectivity index (χ0v) is 7.86. The largest absolute Gasteiger partial charge is 0.369 e. The minimum atomic E-state index is -0.0671. The van der Waals surface area contributed by atoms with E-state index in [2.05, 4.69) is 16.4 Å². The number of nitrogens with zero attached hydrogens (tertiary/aromatic N) is 3. The molecule has 70 valence electrons. The van der Waals surface area contributed by atoms with Gasteiger partial charge in [-0.15, -0.1) is 0 Å². The number of rotatable bonds is 3. The van der Waals surface area contributed by atoms with Gasteiger partial charge in [-0.3, -0.25) is 0 Å². The van der Waals surface area contributed by atoms with Gasteiger partial charge in [0, 0.05) is 12.7 Å². The number of aromatic nitrogens is 1. The Balaban J connectivity index is 2.61. The molecular weight excluding hydrogens is 176 g/mol. The Morgan fingerprint density at radius 3 is 3.00 bits per heavy atom. The minimum absolute atomic E-state index is 0.0671. The zero-order valence-electron chi connectivity index (χ0n) is 7.86. The van der Waals surface area contributed by atoms with Crippen molar-refractivity contribution < 1.29 is 0 Å². The van der Waals surface area contributed by atoms with Crippen LogP contribution in [0.1, 0.15) is 12.5 Å². The Morgan fingerprint density at radius 1 is 1.57 bits per heavy atom. The fraction of sp³-hybridized carbons (Fsp3) is 0.300. The van der Waals surface area contributed by atoms with Crippen LogP contribution in [0.15, 0.2) is 18.3 Å². The smallest absolute Gasteiger partial charge is 0.127 e. The molecule has 0 radical (unpaired) electrons. The Labute approximate surface area is 82.8 Å². The third-order valence-corrected chi connectivity index (χ3v) is 1.70. The predicted molar refractivity (Wildman–Crippen MR) is 52.2 cm³/mol. The molecule has 0 spiro atoms. The minimum Gasteiger partial charge on any atom is -0.369 e. The zero-order chi connectivity index (χ0) is 10.4. The van der Waals surface area contributed by atoms with E-state index in [-0.39, 0.29) is 5.92 Å². The van der Waals surface area contributed by atoms with Gasteiger partial charge < -0.3 is 5.32 Å². The second kappa shape index (κ2) is 4.84. The average molecular weight is 186 g/mol. The van der Waals surface area contributed by atoms with Crippen LogP contribution in [0, 0.1) is 28.6 Å². The van der Waals surface area contributed by atoms with Crippen LogP contribution in [0.2, 0.25) is 0 Å². The highest BCUT2D eigenvalue weighted by molar-refractivity contribution is 5.42. The van der Waals surface area contributed by atoms with Gasteiger partial charge in [0.25, 0.3) is 0 Å². The van der Waals surface area contributed by atoms with Crippen LogP contribution in [0.25, 0.3) is 0 Å². The lowest BCUT2D eigenvalue weighted by atomic mass is 10.2. The van der Waals surface area contributed by atoms with Gasteiger partial charge in [-0.05, 0) is 19.1 Å². The van der Waals surface area contributed by atoms with Gasteiger partial charge in [0.2, 0.25) is 0 Å². The summed E-state index contributed by atoms with van der Waals surface area (Å²) in [5.74, 6) is 0.564. The van der Waals surface area contributed by atoms with Crippen molar-refractivity contribution in [3.05, 3.63) is 23.9 Å². The van der Waals surface area contributed by atoms with Crippen molar-refractivity contribution in [3.8, 4) is 12.1 Å². The standard InChI is InChI=1S/C10H10N4/c1-8(5-11)7-14-10-4-9(6-12)2-3-13-10/h2-4,8H,7H2,1H3,(H,13,14). The van der Waals surface area contributed by atoms with Crippen molar-refractivity contribution in [2.45, 2.75) is 6.92 Å². The van der Waals surface area contributed by atoms with Crippen LogP contribution >= 0.6 is 0 Å². The molecule has 4 heteroatoms. The first-order valence-corrected chi connectivity index (χ1v) is 4.26. The molecule has 14 heavy (non-hydrogen) atoms. The van der Waals surface area contributed by atoms with Gasteiger partial charge >= 0.3 is 0 Å². The van der Waals surface area contributed by atoms with Gasteiger partial charge in [-0.25, -0.2) is 4.98 Å². The number of nitriles is 2. The summed E-state index contributed by atoms with van der Waals surface area (Å²) in [6.45, 7) is 2.36. The van der Waals surface area contributed by atoms with E-state index in [1.165, 1.54) is 0 Å². The molecule has 1 heterocycles. The third kappa shape index (κ3) is 2.76. The molecule has 0 aliphatic heterocycles. The molecule has 1 N–H and O–H groups in total. The van der Waals surface area contributed by atoms with E-state index in [4.69, 9.17) is 10.5 Å². The van der Waals surface area contributed by atoms with Crippen molar-refractivity contribution in [1.82, 2.24) is 4.98 Å². The average Bonchev–Trinajstić information content (AvgIpc) is 2.26. The Kier molecular flexibility index (Phi) is 3.46. The fourth-order valence-electron chi connectivity index (χ4n) is 0.900. The Morgan fingerprint density at radius 2 is 2.36 bits per heavy atom. The molecule has 1 aromatic heterocycles. The number of anilines is 1. The van der Waals surface area contributed by atoms with Crippen molar-refractivity contribution in [3.63, 3.8) is 0 Å². The summed E-state index contributed by atoms with van der Waals surface area (Å²) < 4.78 is 0. The number of hydrogen-bond acceptors (Lipinski definition) is 4. The van der Waals surface area contributed by atoms with E-state index in [1.54, 1.807) is 18.3 Å². The van der Waals surface area contributed by atoms with Crippen LogP contribution in [-0.2, 0) is 0 Å². The molecule has 0 aromatic carbocycles. The predicted octanol–water partition coefficient (Wildman–Crippen LogP) is 1.52. The molecule has 0 bridgehead atoms. The molecule has 0 fully saturated rings. The topological polar surface area (TPSA) is 72.5 Å². The van der Waals surface area contributed by atoms with E-state index in [0.717, 1.165) is 0 Å². The maximum absolute atomic E-state index is 8.63. The number of pyridine rings is 1. The molecular formula is C10H10N4. The molecule has 1 unspecified atom stereocenters. The van der Waals surface area contributed by atoms with Crippen LogP contribution in [-0.4, -0.2) is 11.5 Å². The van der Waals surface area contributed by atoms with Gasteiger partial charge in [0.05, 0.1) is 23.6 Å². The van der Waals surface area contributed by atoms with E-state index in [9.17, 15) is 0 Å². The van der Waals surface area contributed by atoms with E-state index in [1.807, 2.05) is 13.0 Å². The third-order valence-electron chi connectivity index (χ3n) is 1.70. The molecule has 1 atom stereocenters. The summed E-state index contributed by atoms with van der Waals surface area (Å²) in [5.41, 5.74) is 0.562. The molecule has 1 rings (SSSR count). The maximum Gasteiger partial charge on any atom is 0.127 e. The van der Waals surface area contributed by atoms with Gasteiger partial charge in [0.15, 0.2) is 0 Å². The summed E-state index contributed by atoms with van der Waals surface area (Å²) in [5, 5.41) is 20.2. The number of nitrogens with one attached hydrogen (secondary N) is 1. The Hall–Kier alpha value is -2.07. The molecule has 0 aliphatic carbocycles. The van der Waals surface area contributed by atoms with Gasteiger partial charge in [-0.1, -0.05) is 0 Å². The first kappa shape index (κ1) is 10.0. The molecule has 0 aliphatic rings. The van der Waals surface area contributed by atoms with Gasteiger partial charge in [0.1, 0.15) is 5.82 Å². The summed E-state index contributed by atoms with van der Waals surface area (Å²) >= 11 is 0. The van der Waals surface area contributed by atoms with Crippen LogP contribution in [0.4, 0.5) is 5.82 Å². The van der Waals surface area contributed by atoms with Crippen molar-refractivity contribution >= 4 is 5.82 Å². The molecule has 0 saturated carbocycles. The van der Waals surface area contributed by atoms with Crippen molar-refractivity contribution in [2.75, 3.05) is 11.9 Å². The first-order chi connectivity index (χ1) is 6.76. The first-order valence-electron chi connectivity index (χ1n) is 4.26. The van der Waals surface area contributed by atoms with Gasteiger partial charge in [-0.2, -0.15) is 10.5 Å². The lowest BCUT2D eigenvalue weighted by Gasteiger charge is -2.05. The van der Waals surface area contributed by atoms with Crippen molar-refractivity contribution in [1.29, 1.82) is 10.5 Å². The van der Waals surface area contributed by atoms with Crippen molar-refractivity contribution in [2.24, 2.45) is 5.92 Å². The Bertz CT molecular complexity index is 386. The van der Waals surface area contributed by atoms with Crippen LogP contribution in [0.5, 0.6) is 0 Å². The maximum atomic E-state index is 8.63. The molecule has 0 amide bonds. The monoisotopic (exact) mass is 186 g/mol. The summed E-state index contributed by atoms with van der Waals surface area (Å²) in [4.78, 5) is 4.02. The summed E-state index contributed by atoms with van der Waals surface area (Å²) in [6, 6.07) is 7.43. The normalized spacial score (nSPS) is 11.1. The van der Waals surface area contributed by atoms with E-state index >= 15 is 0 Å². The second-order valence-corrected chi connectivity index (χ2v) is 2.95.